The fourth-order valence-electron chi connectivity index (χ4n) is 0.947. The number of nitrogen functional groups attached to an aromatic ring is 1. The molecule has 4 nitrogen and oxygen atoms in total. The zero-order chi connectivity index (χ0) is 11.1. The van der Waals surface area contributed by atoms with Gasteiger partial charge in [-0.1, -0.05) is 32.0 Å². The minimum Gasteiger partial charge on any atom is -0.398 e. The fraction of sp³-hybridized carbons (Fsp3) is 0.300. The molecule has 1 amide bonds. The lowest BCUT2D eigenvalue weighted by Gasteiger charge is -2.09. The van der Waals surface area contributed by atoms with Crippen LogP contribution in [0.4, 0.5) is 5.69 Å². The van der Waals surface area contributed by atoms with Gasteiger partial charge in [0.2, 0.25) is 5.91 Å². The topological polar surface area (TPSA) is 95.1 Å². The number of nitrogens with two attached hydrogens (primary N) is 3. The highest BCUT2D eigenvalue weighted by molar-refractivity contribution is 5.82. The Morgan fingerprint density at radius 1 is 1.29 bits per heavy atom. The SMILES string of the molecule is CC.NC(=O)C(N)c1ccccc1N. The van der Waals surface area contributed by atoms with Crippen LogP contribution in [-0.4, -0.2) is 5.91 Å². The molecule has 0 saturated heterocycles. The molecule has 0 aliphatic heterocycles. The van der Waals surface area contributed by atoms with Crippen LogP contribution in [0.3, 0.4) is 0 Å². The van der Waals surface area contributed by atoms with Crippen LogP contribution in [0.2, 0.25) is 0 Å². The summed E-state index contributed by atoms with van der Waals surface area (Å²) in [5.74, 6) is -0.576. The maximum Gasteiger partial charge on any atom is 0.239 e. The third-order valence-electron chi connectivity index (χ3n) is 1.64. The molecule has 0 aliphatic carbocycles. The highest BCUT2D eigenvalue weighted by atomic mass is 16.1. The molecule has 1 aromatic carbocycles. The van der Waals surface area contributed by atoms with Crippen LogP contribution in [0.15, 0.2) is 24.3 Å². The average molecular weight is 195 g/mol. The average Bonchev–Trinajstić information content (AvgIpc) is 2.20. The van der Waals surface area contributed by atoms with Gasteiger partial charge in [0, 0.05) is 11.3 Å². The van der Waals surface area contributed by atoms with E-state index in [2.05, 4.69) is 0 Å². The van der Waals surface area contributed by atoms with Gasteiger partial charge in [-0.2, -0.15) is 0 Å². The second-order valence-corrected chi connectivity index (χ2v) is 2.51. The molecule has 4 heteroatoms. The van der Waals surface area contributed by atoms with Crippen molar-refractivity contribution in [2.24, 2.45) is 11.5 Å². The second kappa shape index (κ2) is 5.99. The second-order valence-electron chi connectivity index (χ2n) is 2.51. The summed E-state index contributed by atoms with van der Waals surface area (Å²) in [6.07, 6.45) is 0. The van der Waals surface area contributed by atoms with Gasteiger partial charge in [-0.25, -0.2) is 0 Å². The number of amides is 1. The number of anilines is 1. The molecule has 1 atom stereocenters. The molecule has 0 saturated carbocycles. The minimum absolute atomic E-state index is 0.490. The zero-order valence-corrected chi connectivity index (χ0v) is 8.53. The molecule has 0 spiro atoms. The monoisotopic (exact) mass is 195 g/mol. The van der Waals surface area contributed by atoms with E-state index in [0.717, 1.165) is 0 Å². The standard InChI is InChI=1S/C8H11N3O.C2H6/c9-6-4-2-1-3-5(6)7(10)8(11)12;1-2/h1-4,7H,9-10H2,(H2,11,12);1-2H3. The first-order valence-corrected chi connectivity index (χ1v) is 4.52. The Bertz CT molecular complexity index is 299. The number of hydrogen-bond donors (Lipinski definition) is 3. The van der Waals surface area contributed by atoms with E-state index in [0.29, 0.717) is 11.3 Å². The Balaban J connectivity index is 0.000000791. The highest BCUT2D eigenvalue weighted by Crippen LogP contribution is 2.16. The maximum atomic E-state index is 10.7. The quantitative estimate of drug-likeness (QED) is 0.608. The van der Waals surface area contributed by atoms with Crippen molar-refractivity contribution in [3.05, 3.63) is 29.8 Å². The number of para-hydroxylation sites is 1. The molecule has 0 radical (unpaired) electrons. The molecule has 6 N–H and O–H groups in total. The Morgan fingerprint density at radius 2 is 1.79 bits per heavy atom. The summed E-state index contributed by atoms with van der Waals surface area (Å²) in [5.41, 5.74) is 17.1. The Hall–Kier alpha value is -1.55. The Labute approximate surface area is 84.1 Å². The molecule has 14 heavy (non-hydrogen) atoms. The van der Waals surface area contributed by atoms with Crippen molar-refractivity contribution < 1.29 is 4.79 Å². The van der Waals surface area contributed by atoms with Crippen molar-refractivity contribution >= 4 is 11.6 Å². The van der Waals surface area contributed by atoms with Crippen molar-refractivity contribution in [1.82, 2.24) is 0 Å². The first kappa shape index (κ1) is 12.4. The predicted octanol–water partition coefficient (Wildman–Crippen LogP) is 0.780. The molecule has 0 aromatic heterocycles. The summed E-state index contributed by atoms with van der Waals surface area (Å²) < 4.78 is 0. The largest absolute Gasteiger partial charge is 0.398 e. The van der Waals surface area contributed by atoms with Gasteiger partial charge in [0.1, 0.15) is 6.04 Å². The van der Waals surface area contributed by atoms with Gasteiger partial charge >= 0.3 is 0 Å². The third kappa shape index (κ3) is 3.06. The van der Waals surface area contributed by atoms with E-state index in [1.54, 1.807) is 24.3 Å². The molecule has 0 fully saturated rings. The minimum atomic E-state index is -0.814. The number of hydrogen-bond acceptors (Lipinski definition) is 3. The summed E-state index contributed by atoms with van der Waals surface area (Å²) in [5, 5.41) is 0. The third-order valence-corrected chi connectivity index (χ3v) is 1.64. The van der Waals surface area contributed by atoms with E-state index < -0.39 is 11.9 Å². The van der Waals surface area contributed by atoms with Crippen LogP contribution in [0.5, 0.6) is 0 Å². The lowest BCUT2D eigenvalue weighted by atomic mass is 10.1. The number of rotatable bonds is 2. The van der Waals surface area contributed by atoms with Gasteiger partial charge in [0.25, 0.3) is 0 Å². The maximum absolute atomic E-state index is 10.7. The van der Waals surface area contributed by atoms with Gasteiger partial charge in [-0.15, -0.1) is 0 Å². The van der Waals surface area contributed by atoms with Crippen LogP contribution in [-0.2, 0) is 4.79 Å². The van der Waals surface area contributed by atoms with Gasteiger partial charge in [0.05, 0.1) is 0 Å². The van der Waals surface area contributed by atoms with Crippen LogP contribution < -0.4 is 17.2 Å². The first-order valence-electron chi connectivity index (χ1n) is 4.52. The summed E-state index contributed by atoms with van der Waals surface area (Å²) in [4.78, 5) is 10.7. The zero-order valence-electron chi connectivity index (χ0n) is 8.53. The van der Waals surface area contributed by atoms with E-state index in [-0.39, 0.29) is 0 Å². The molecule has 0 heterocycles. The number of carbonyl (C=O) groups is 1. The first-order chi connectivity index (χ1) is 6.63. The summed E-state index contributed by atoms with van der Waals surface area (Å²) in [6, 6.07) is 6.08. The lowest BCUT2D eigenvalue weighted by molar-refractivity contribution is -0.119. The molecular weight excluding hydrogens is 178 g/mol. The van der Waals surface area contributed by atoms with Gasteiger partial charge < -0.3 is 17.2 Å². The van der Waals surface area contributed by atoms with Crippen molar-refractivity contribution in [1.29, 1.82) is 0 Å². The molecule has 0 bridgehead atoms. The molecule has 78 valence electrons. The van der Waals surface area contributed by atoms with Crippen LogP contribution in [0.25, 0.3) is 0 Å². The van der Waals surface area contributed by atoms with Gasteiger partial charge in [-0.3, -0.25) is 4.79 Å². The van der Waals surface area contributed by atoms with E-state index >= 15 is 0 Å². The van der Waals surface area contributed by atoms with E-state index in [1.165, 1.54) is 0 Å². The van der Waals surface area contributed by atoms with Crippen LogP contribution >= 0.6 is 0 Å². The van der Waals surface area contributed by atoms with E-state index in [4.69, 9.17) is 17.2 Å². The molecule has 1 aromatic rings. The molecule has 1 unspecified atom stereocenters. The molecule has 0 aliphatic rings. The van der Waals surface area contributed by atoms with Gasteiger partial charge in [0.15, 0.2) is 0 Å². The normalized spacial score (nSPS) is 11.1. The van der Waals surface area contributed by atoms with Crippen LogP contribution in [0, 0.1) is 0 Å². The lowest BCUT2D eigenvalue weighted by Crippen LogP contribution is -2.28. The summed E-state index contributed by atoms with van der Waals surface area (Å²) in [6.45, 7) is 4.00. The predicted molar refractivity (Wildman–Crippen MR) is 58.3 cm³/mol. The molecular formula is C10H17N3O. The Kier molecular flexibility index (Phi) is 5.33. The van der Waals surface area contributed by atoms with E-state index in [9.17, 15) is 4.79 Å². The van der Waals surface area contributed by atoms with Crippen molar-refractivity contribution in [3.8, 4) is 0 Å². The summed E-state index contributed by atoms with van der Waals surface area (Å²) in [7, 11) is 0. The Morgan fingerprint density at radius 3 is 2.21 bits per heavy atom. The summed E-state index contributed by atoms with van der Waals surface area (Å²) >= 11 is 0. The number of primary amides is 1. The van der Waals surface area contributed by atoms with Crippen LogP contribution in [0.1, 0.15) is 25.5 Å². The fourth-order valence-corrected chi connectivity index (χ4v) is 0.947. The van der Waals surface area contributed by atoms with E-state index in [1.807, 2.05) is 13.8 Å². The smallest absolute Gasteiger partial charge is 0.239 e. The number of carbonyl (C=O) groups excluding carboxylic acids is 1. The van der Waals surface area contributed by atoms with Crippen molar-refractivity contribution in [3.63, 3.8) is 0 Å². The van der Waals surface area contributed by atoms with Gasteiger partial charge in [-0.05, 0) is 6.07 Å². The number of benzene rings is 1. The highest BCUT2D eigenvalue weighted by Gasteiger charge is 2.13. The van der Waals surface area contributed by atoms with Crippen molar-refractivity contribution in [2.75, 3.05) is 5.73 Å². The molecule has 1 rings (SSSR count). The van der Waals surface area contributed by atoms with Crippen molar-refractivity contribution in [2.45, 2.75) is 19.9 Å².